The van der Waals surface area contributed by atoms with Gasteiger partial charge in [-0.25, -0.2) is 0 Å². The number of rotatable bonds is 7. The number of carbonyl (C=O) groups is 1. The lowest BCUT2D eigenvalue weighted by molar-refractivity contribution is -0.147. The van der Waals surface area contributed by atoms with Gasteiger partial charge in [-0.15, -0.1) is 12.4 Å². The van der Waals surface area contributed by atoms with Crippen molar-refractivity contribution < 1.29 is 9.53 Å². The molecule has 0 amide bonds. The molecule has 0 aliphatic heterocycles. The minimum Gasteiger partial charge on any atom is -0.466 e. The van der Waals surface area contributed by atoms with Crippen LogP contribution in [0.25, 0.3) is 11.1 Å². The Morgan fingerprint density at radius 2 is 1.62 bits per heavy atom. The number of hydrogen-bond acceptors (Lipinski definition) is 3. The third-order valence-electron chi connectivity index (χ3n) is 3.90. The molecule has 3 nitrogen and oxygen atoms in total. The van der Waals surface area contributed by atoms with Crippen molar-refractivity contribution in [3.63, 3.8) is 0 Å². The molecule has 2 atom stereocenters. The van der Waals surface area contributed by atoms with Gasteiger partial charge in [0.15, 0.2) is 0 Å². The van der Waals surface area contributed by atoms with Gasteiger partial charge in [0, 0.05) is 6.04 Å². The fraction of sp³-hybridized carbons (Fsp3) is 0.350. The molecule has 0 bridgehead atoms. The van der Waals surface area contributed by atoms with Crippen LogP contribution in [0.15, 0.2) is 54.6 Å². The molecule has 2 rings (SSSR count). The Hall–Kier alpha value is -1.84. The molecule has 130 valence electrons. The zero-order valence-corrected chi connectivity index (χ0v) is 15.1. The van der Waals surface area contributed by atoms with E-state index in [1.54, 1.807) is 0 Å². The second-order valence-electron chi connectivity index (χ2n) is 5.92. The summed E-state index contributed by atoms with van der Waals surface area (Å²) in [6.07, 6.45) is 1.40. The first-order valence-electron chi connectivity index (χ1n) is 8.16. The molecule has 2 aromatic carbocycles. The SMILES string of the molecule is CCOC(=O)[C@H](C)CC(N)Cc1ccc(-c2ccccc2)cc1.Cl. The number of hydrogen-bond donors (Lipinski definition) is 1. The van der Waals surface area contributed by atoms with E-state index in [1.165, 1.54) is 16.7 Å². The smallest absolute Gasteiger partial charge is 0.308 e. The molecule has 4 heteroatoms. The quantitative estimate of drug-likeness (QED) is 0.762. The lowest BCUT2D eigenvalue weighted by atomic mass is 9.95. The second-order valence-corrected chi connectivity index (χ2v) is 5.92. The number of ether oxygens (including phenoxy) is 1. The largest absolute Gasteiger partial charge is 0.466 e. The van der Waals surface area contributed by atoms with Crippen molar-refractivity contribution in [3.05, 3.63) is 60.2 Å². The third kappa shape index (κ3) is 5.99. The Labute approximate surface area is 150 Å². The summed E-state index contributed by atoms with van der Waals surface area (Å²) in [5, 5.41) is 0. The van der Waals surface area contributed by atoms with Crippen LogP contribution in [0.3, 0.4) is 0 Å². The van der Waals surface area contributed by atoms with Crippen LogP contribution in [-0.2, 0) is 16.0 Å². The van der Waals surface area contributed by atoms with Crippen molar-refractivity contribution in [2.75, 3.05) is 6.61 Å². The Kier molecular flexibility index (Phi) is 8.51. The topological polar surface area (TPSA) is 52.3 Å². The van der Waals surface area contributed by atoms with Crippen LogP contribution in [0.1, 0.15) is 25.8 Å². The number of esters is 1. The number of benzene rings is 2. The van der Waals surface area contributed by atoms with Gasteiger partial charge in [0.2, 0.25) is 0 Å². The van der Waals surface area contributed by atoms with Crippen LogP contribution >= 0.6 is 12.4 Å². The second kappa shape index (κ2) is 10.1. The van der Waals surface area contributed by atoms with Crippen molar-refractivity contribution in [2.24, 2.45) is 11.7 Å². The van der Waals surface area contributed by atoms with Crippen LogP contribution in [0, 0.1) is 5.92 Å². The summed E-state index contributed by atoms with van der Waals surface area (Å²) in [5.74, 6) is -0.323. The van der Waals surface area contributed by atoms with E-state index in [0.29, 0.717) is 13.0 Å². The molecule has 24 heavy (non-hydrogen) atoms. The first kappa shape index (κ1) is 20.2. The maximum absolute atomic E-state index is 11.7. The highest BCUT2D eigenvalue weighted by atomic mass is 35.5. The maximum atomic E-state index is 11.7. The summed E-state index contributed by atoms with van der Waals surface area (Å²) in [4.78, 5) is 11.7. The van der Waals surface area contributed by atoms with Gasteiger partial charge >= 0.3 is 5.97 Å². The monoisotopic (exact) mass is 347 g/mol. The fourth-order valence-corrected chi connectivity index (χ4v) is 2.68. The third-order valence-corrected chi connectivity index (χ3v) is 3.90. The summed E-state index contributed by atoms with van der Waals surface area (Å²) in [5.41, 5.74) is 9.77. The van der Waals surface area contributed by atoms with E-state index in [9.17, 15) is 4.79 Å². The van der Waals surface area contributed by atoms with Crippen molar-refractivity contribution in [1.82, 2.24) is 0 Å². The van der Waals surface area contributed by atoms with Crippen molar-refractivity contribution in [1.29, 1.82) is 0 Å². The molecule has 1 unspecified atom stereocenters. The minimum absolute atomic E-state index is 0. The molecule has 0 saturated carbocycles. The molecule has 0 saturated heterocycles. The molecule has 2 aromatic rings. The molecule has 0 fully saturated rings. The zero-order valence-electron chi connectivity index (χ0n) is 14.3. The minimum atomic E-state index is -0.164. The van der Waals surface area contributed by atoms with Crippen LogP contribution in [0.5, 0.6) is 0 Å². The highest BCUT2D eigenvalue weighted by Gasteiger charge is 2.17. The van der Waals surface area contributed by atoms with Crippen molar-refractivity contribution >= 4 is 18.4 Å². The van der Waals surface area contributed by atoms with E-state index in [1.807, 2.05) is 32.0 Å². The predicted octanol–water partition coefficient (Wildman–Crippen LogP) is 4.23. The summed E-state index contributed by atoms with van der Waals surface area (Å²) in [6.45, 7) is 4.11. The number of carbonyl (C=O) groups excluding carboxylic acids is 1. The first-order valence-corrected chi connectivity index (χ1v) is 8.16. The average Bonchev–Trinajstić information content (AvgIpc) is 2.56. The Morgan fingerprint density at radius 3 is 2.21 bits per heavy atom. The van der Waals surface area contributed by atoms with Gasteiger partial charge in [-0.05, 0) is 36.5 Å². The van der Waals surface area contributed by atoms with Gasteiger partial charge in [0.25, 0.3) is 0 Å². The van der Waals surface area contributed by atoms with Crippen LogP contribution in [-0.4, -0.2) is 18.6 Å². The van der Waals surface area contributed by atoms with E-state index in [4.69, 9.17) is 10.5 Å². The molecule has 0 heterocycles. The van der Waals surface area contributed by atoms with E-state index >= 15 is 0 Å². The predicted molar refractivity (Wildman–Crippen MR) is 101 cm³/mol. The summed E-state index contributed by atoms with van der Waals surface area (Å²) in [6, 6.07) is 18.7. The number of nitrogens with two attached hydrogens (primary N) is 1. The zero-order chi connectivity index (χ0) is 16.7. The Balaban J connectivity index is 0.00000288. The Morgan fingerprint density at radius 1 is 1.04 bits per heavy atom. The standard InChI is InChI=1S/C20H25NO2.ClH/c1-3-23-20(22)15(2)13-19(21)14-16-9-11-18(12-10-16)17-7-5-4-6-8-17;/h4-12,15,19H,3,13-14,21H2,1-2H3;1H/t15-,19?;/m1./s1. The van der Waals surface area contributed by atoms with Crippen LogP contribution < -0.4 is 5.73 Å². The van der Waals surface area contributed by atoms with Gasteiger partial charge in [0.1, 0.15) is 0 Å². The molecular weight excluding hydrogens is 322 g/mol. The van der Waals surface area contributed by atoms with E-state index in [2.05, 4.69) is 36.4 Å². The van der Waals surface area contributed by atoms with Crippen molar-refractivity contribution in [3.8, 4) is 11.1 Å². The van der Waals surface area contributed by atoms with Crippen molar-refractivity contribution in [2.45, 2.75) is 32.7 Å². The van der Waals surface area contributed by atoms with Gasteiger partial charge in [0.05, 0.1) is 12.5 Å². The van der Waals surface area contributed by atoms with E-state index < -0.39 is 0 Å². The average molecular weight is 348 g/mol. The van der Waals surface area contributed by atoms with Gasteiger partial charge in [-0.1, -0.05) is 61.5 Å². The lowest BCUT2D eigenvalue weighted by Crippen LogP contribution is -2.29. The normalized spacial score (nSPS) is 12.8. The summed E-state index contributed by atoms with van der Waals surface area (Å²) in [7, 11) is 0. The van der Waals surface area contributed by atoms with Gasteiger partial charge in [-0.3, -0.25) is 4.79 Å². The van der Waals surface area contributed by atoms with Crippen LogP contribution in [0.4, 0.5) is 0 Å². The first-order chi connectivity index (χ1) is 11.1. The highest BCUT2D eigenvalue weighted by molar-refractivity contribution is 5.85. The van der Waals surface area contributed by atoms with Crippen LogP contribution in [0.2, 0.25) is 0 Å². The molecule has 0 spiro atoms. The van der Waals surface area contributed by atoms with E-state index in [-0.39, 0.29) is 30.3 Å². The molecular formula is C20H26ClNO2. The summed E-state index contributed by atoms with van der Waals surface area (Å²) < 4.78 is 5.02. The molecule has 0 aromatic heterocycles. The molecule has 0 aliphatic carbocycles. The van der Waals surface area contributed by atoms with E-state index in [0.717, 1.165) is 6.42 Å². The fourth-order valence-electron chi connectivity index (χ4n) is 2.68. The van der Waals surface area contributed by atoms with Gasteiger partial charge in [-0.2, -0.15) is 0 Å². The van der Waals surface area contributed by atoms with Gasteiger partial charge < -0.3 is 10.5 Å². The number of halogens is 1. The Bertz CT molecular complexity index is 613. The molecule has 0 aliphatic rings. The lowest BCUT2D eigenvalue weighted by Gasteiger charge is -2.16. The highest BCUT2D eigenvalue weighted by Crippen LogP contribution is 2.20. The summed E-state index contributed by atoms with van der Waals surface area (Å²) >= 11 is 0. The maximum Gasteiger partial charge on any atom is 0.308 e. The molecule has 2 N–H and O–H groups in total. The molecule has 0 radical (unpaired) electrons.